The van der Waals surface area contributed by atoms with Crippen LogP contribution in [-0.4, -0.2) is 19.6 Å². The van der Waals surface area contributed by atoms with Gasteiger partial charge in [0.2, 0.25) is 0 Å². The van der Waals surface area contributed by atoms with Crippen molar-refractivity contribution in [2.24, 2.45) is 5.73 Å². The molecule has 0 aliphatic rings. The minimum Gasteiger partial charge on any atom is -0.324 e. The molecule has 0 saturated heterocycles. The Morgan fingerprint density at radius 1 is 1.88 bits per heavy atom. The highest BCUT2D eigenvalue weighted by molar-refractivity contribution is 4.94. The molecule has 0 bridgehead atoms. The van der Waals surface area contributed by atoms with E-state index < -0.39 is 0 Å². The Morgan fingerprint density at radius 2 is 2.50 bits per heavy atom. The van der Waals surface area contributed by atoms with Crippen LogP contribution in [0, 0.1) is 6.42 Å². The number of hydrogen-bond donors (Lipinski definition) is 2. The molecule has 0 aromatic heterocycles. The molecule has 2 heteroatoms. The maximum Gasteiger partial charge on any atom is 0.0265 e. The van der Waals surface area contributed by atoms with Crippen molar-refractivity contribution in [3.63, 3.8) is 0 Å². The molecule has 3 N–H and O–H groups in total. The van der Waals surface area contributed by atoms with E-state index in [4.69, 9.17) is 5.73 Å². The van der Waals surface area contributed by atoms with Crippen LogP contribution < -0.4 is 11.1 Å². The van der Waals surface area contributed by atoms with Crippen LogP contribution in [0.3, 0.4) is 0 Å². The molecular formula is C6H13N2. The van der Waals surface area contributed by atoms with Crippen molar-refractivity contribution in [1.29, 1.82) is 0 Å². The monoisotopic (exact) mass is 113 g/mol. The summed E-state index contributed by atoms with van der Waals surface area (Å²) in [6.45, 7) is 4.37. The van der Waals surface area contributed by atoms with Crippen LogP contribution in [0.2, 0.25) is 0 Å². The van der Waals surface area contributed by atoms with Crippen LogP contribution in [0.4, 0.5) is 0 Å². The van der Waals surface area contributed by atoms with Gasteiger partial charge in [-0.2, -0.15) is 0 Å². The Bertz CT molecular complexity index is 61.5. The van der Waals surface area contributed by atoms with Crippen LogP contribution >= 0.6 is 0 Å². The lowest BCUT2D eigenvalue weighted by Crippen LogP contribution is -2.23. The summed E-state index contributed by atoms with van der Waals surface area (Å²) in [6, 6.07) is 0.0300. The van der Waals surface area contributed by atoms with Crippen LogP contribution in [0.15, 0.2) is 12.7 Å². The number of nitrogens with one attached hydrogen (secondary N) is 1. The molecule has 8 heavy (non-hydrogen) atoms. The summed E-state index contributed by atoms with van der Waals surface area (Å²) in [6.07, 6.45) is 3.66. The van der Waals surface area contributed by atoms with E-state index >= 15 is 0 Å². The summed E-state index contributed by atoms with van der Waals surface area (Å²) in [5.74, 6) is 0. The second kappa shape index (κ2) is 4.81. The van der Waals surface area contributed by atoms with Gasteiger partial charge in [0, 0.05) is 6.04 Å². The number of hydrogen-bond acceptors (Lipinski definition) is 2. The Labute approximate surface area is 50.8 Å². The zero-order valence-electron chi connectivity index (χ0n) is 5.22. The molecule has 0 spiro atoms. The fraction of sp³-hybridized carbons (Fsp3) is 0.500. The van der Waals surface area contributed by atoms with Crippen LogP contribution in [0.25, 0.3) is 0 Å². The average Bonchev–Trinajstić information content (AvgIpc) is 1.83. The summed E-state index contributed by atoms with van der Waals surface area (Å²) in [5, 5.41) is 2.95. The van der Waals surface area contributed by atoms with Crippen molar-refractivity contribution >= 4 is 0 Å². The van der Waals surface area contributed by atoms with Gasteiger partial charge >= 0.3 is 0 Å². The first kappa shape index (κ1) is 7.66. The maximum absolute atomic E-state index is 5.45. The van der Waals surface area contributed by atoms with Crippen molar-refractivity contribution in [2.75, 3.05) is 13.6 Å². The fourth-order valence-electron chi connectivity index (χ4n) is 0.350. The normalized spacial score (nSPS) is 13.2. The summed E-state index contributed by atoms with van der Waals surface area (Å²) in [7, 11) is 1.88. The summed E-state index contributed by atoms with van der Waals surface area (Å²) in [5.41, 5.74) is 5.45. The molecule has 1 unspecified atom stereocenters. The number of rotatable bonds is 4. The van der Waals surface area contributed by atoms with E-state index in [0.717, 1.165) is 6.54 Å². The van der Waals surface area contributed by atoms with Crippen molar-refractivity contribution in [2.45, 2.75) is 6.04 Å². The SMILES string of the molecule is C=CC(N)[CH]CNC. The standard InChI is InChI=1S/C6H13N2/c1-3-6(7)4-5-8-2/h3-4,6,8H,1,5,7H2,2H3. The molecule has 0 aromatic rings. The van der Waals surface area contributed by atoms with Crippen LogP contribution in [0.1, 0.15) is 0 Å². The number of nitrogens with two attached hydrogens (primary N) is 1. The summed E-state index contributed by atoms with van der Waals surface area (Å²) in [4.78, 5) is 0. The average molecular weight is 113 g/mol. The predicted octanol–water partition coefficient (Wildman–Crippen LogP) is -0.0766. The van der Waals surface area contributed by atoms with Gasteiger partial charge in [-0.05, 0) is 20.0 Å². The molecule has 0 aliphatic carbocycles. The van der Waals surface area contributed by atoms with Crippen molar-refractivity contribution in [3.8, 4) is 0 Å². The van der Waals surface area contributed by atoms with E-state index in [2.05, 4.69) is 11.9 Å². The highest BCUT2D eigenvalue weighted by Crippen LogP contribution is 1.82. The second-order valence-electron chi connectivity index (χ2n) is 1.61. The molecule has 0 aromatic carbocycles. The van der Waals surface area contributed by atoms with Crippen molar-refractivity contribution in [3.05, 3.63) is 19.1 Å². The molecule has 1 radical (unpaired) electrons. The third kappa shape index (κ3) is 3.84. The quantitative estimate of drug-likeness (QED) is 0.500. The summed E-state index contributed by atoms with van der Waals surface area (Å²) < 4.78 is 0. The molecular weight excluding hydrogens is 100 g/mol. The smallest absolute Gasteiger partial charge is 0.0265 e. The molecule has 0 aliphatic heterocycles. The largest absolute Gasteiger partial charge is 0.324 e. The van der Waals surface area contributed by atoms with Gasteiger partial charge in [-0.15, -0.1) is 6.58 Å². The van der Waals surface area contributed by atoms with E-state index in [1.54, 1.807) is 6.08 Å². The molecule has 2 nitrogen and oxygen atoms in total. The first-order valence-corrected chi connectivity index (χ1v) is 2.67. The zero-order valence-corrected chi connectivity index (χ0v) is 5.22. The minimum absolute atomic E-state index is 0.0300. The van der Waals surface area contributed by atoms with Crippen molar-refractivity contribution in [1.82, 2.24) is 5.32 Å². The Morgan fingerprint density at radius 3 is 2.88 bits per heavy atom. The lowest BCUT2D eigenvalue weighted by atomic mass is 10.2. The first-order valence-electron chi connectivity index (χ1n) is 2.67. The van der Waals surface area contributed by atoms with E-state index in [9.17, 15) is 0 Å². The molecule has 0 fully saturated rings. The first-order chi connectivity index (χ1) is 3.81. The van der Waals surface area contributed by atoms with Crippen molar-refractivity contribution < 1.29 is 0 Å². The van der Waals surface area contributed by atoms with E-state index in [1.807, 2.05) is 13.5 Å². The fourth-order valence-corrected chi connectivity index (χ4v) is 0.350. The zero-order chi connectivity index (χ0) is 6.41. The van der Waals surface area contributed by atoms with Gasteiger partial charge in [-0.25, -0.2) is 0 Å². The van der Waals surface area contributed by atoms with Gasteiger partial charge in [0.05, 0.1) is 0 Å². The van der Waals surface area contributed by atoms with E-state index in [1.165, 1.54) is 0 Å². The Kier molecular flexibility index (Phi) is 4.61. The maximum atomic E-state index is 5.45. The third-order valence-corrected chi connectivity index (χ3v) is 0.866. The molecule has 1 atom stereocenters. The van der Waals surface area contributed by atoms with E-state index in [0.29, 0.717) is 0 Å². The molecule has 47 valence electrons. The Balaban J connectivity index is 2.98. The van der Waals surface area contributed by atoms with E-state index in [-0.39, 0.29) is 6.04 Å². The highest BCUT2D eigenvalue weighted by Gasteiger charge is 1.91. The molecule has 0 heterocycles. The molecule has 0 amide bonds. The van der Waals surface area contributed by atoms with Gasteiger partial charge < -0.3 is 11.1 Å². The van der Waals surface area contributed by atoms with Gasteiger partial charge in [0.25, 0.3) is 0 Å². The van der Waals surface area contributed by atoms with Gasteiger partial charge in [-0.3, -0.25) is 0 Å². The van der Waals surface area contributed by atoms with Crippen LogP contribution in [-0.2, 0) is 0 Å². The summed E-state index contributed by atoms with van der Waals surface area (Å²) >= 11 is 0. The second-order valence-corrected chi connectivity index (χ2v) is 1.61. The highest BCUT2D eigenvalue weighted by atomic mass is 14.8. The minimum atomic E-state index is 0.0300. The lowest BCUT2D eigenvalue weighted by Gasteiger charge is -2.02. The third-order valence-electron chi connectivity index (χ3n) is 0.866. The molecule has 0 rings (SSSR count). The van der Waals surface area contributed by atoms with Crippen LogP contribution in [0.5, 0.6) is 0 Å². The lowest BCUT2D eigenvalue weighted by molar-refractivity contribution is 0.802. The predicted molar refractivity (Wildman–Crippen MR) is 36.4 cm³/mol. The Hall–Kier alpha value is -0.340. The molecule has 0 saturated carbocycles. The van der Waals surface area contributed by atoms with Gasteiger partial charge in [0.1, 0.15) is 0 Å². The van der Waals surface area contributed by atoms with Gasteiger partial charge in [0.15, 0.2) is 0 Å². The van der Waals surface area contributed by atoms with Gasteiger partial charge in [-0.1, -0.05) is 6.08 Å². The topological polar surface area (TPSA) is 38.0 Å².